The van der Waals surface area contributed by atoms with Crippen LogP contribution < -0.4 is 0 Å². The van der Waals surface area contributed by atoms with Crippen LogP contribution in [0.5, 0.6) is 0 Å². The molecule has 1 aliphatic heterocycles. The first-order valence-corrected chi connectivity index (χ1v) is 6.35. The number of fused-ring (bicyclic) bond motifs is 1. The minimum Gasteiger partial charge on any atom is -0.391 e. The van der Waals surface area contributed by atoms with Gasteiger partial charge in [-0.3, -0.25) is 0 Å². The maximum Gasteiger partial charge on any atom is 0.416 e. The molecule has 6 heteroatoms. The van der Waals surface area contributed by atoms with Crippen LogP contribution in [0.15, 0.2) is 30.5 Å². The summed E-state index contributed by atoms with van der Waals surface area (Å²) in [6.07, 6.45) is -1.61. The predicted molar refractivity (Wildman–Crippen MR) is 67.0 cm³/mol. The highest BCUT2D eigenvalue weighted by atomic mass is 19.4. The van der Waals surface area contributed by atoms with Gasteiger partial charge in [0.25, 0.3) is 0 Å². The van der Waals surface area contributed by atoms with Gasteiger partial charge in [-0.1, -0.05) is 12.1 Å². The SMILES string of the molecule is OC1CCc2cnc(-c3ccc(C(F)(F)F)cc3)n2C1. The topological polar surface area (TPSA) is 38.1 Å². The minimum atomic E-state index is -4.33. The van der Waals surface area contributed by atoms with Crippen LogP contribution in [0.1, 0.15) is 17.7 Å². The van der Waals surface area contributed by atoms with E-state index in [2.05, 4.69) is 4.98 Å². The Bertz CT molecular complexity index is 616. The summed E-state index contributed by atoms with van der Waals surface area (Å²) in [5.41, 5.74) is 0.954. The van der Waals surface area contributed by atoms with Crippen LogP contribution in [0.4, 0.5) is 13.2 Å². The van der Waals surface area contributed by atoms with Gasteiger partial charge in [0.1, 0.15) is 5.82 Å². The fourth-order valence-electron chi connectivity index (χ4n) is 2.47. The van der Waals surface area contributed by atoms with E-state index in [1.165, 1.54) is 12.1 Å². The Balaban J connectivity index is 1.96. The number of aromatic nitrogens is 2. The number of hydrogen-bond donors (Lipinski definition) is 1. The van der Waals surface area contributed by atoms with Crippen molar-refractivity contribution in [1.82, 2.24) is 9.55 Å². The van der Waals surface area contributed by atoms with Crippen molar-refractivity contribution < 1.29 is 18.3 Å². The highest BCUT2D eigenvalue weighted by molar-refractivity contribution is 5.57. The van der Waals surface area contributed by atoms with E-state index in [1.807, 2.05) is 4.57 Å². The Morgan fingerprint density at radius 2 is 1.90 bits per heavy atom. The molecular weight excluding hydrogens is 269 g/mol. The molecule has 1 atom stereocenters. The van der Waals surface area contributed by atoms with Gasteiger partial charge in [0.05, 0.1) is 18.2 Å². The van der Waals surface area contributed by atoms with E-state index in [1.54, 1.807) is 6.20 Å². The van der Waals surface area contributed by atoms with Gasteiger partial charge in [0, 0.05) is 17.5 Å². The average molecular weight is 282 g/mol. The number of benzene rings is 1. The Labute approximate surface area is 113 Å². The summed E-state index contributed by atoms with van der Waals surface area (Å²) in [7, 11) is 0. The maximum absolute atomic E-state index is 12.5. The molecule has 0 radical (unpaired) electrons. The van der Waals surface area contributed by atoms with Gasteiger partial charge in [0.15, 0.2) is 0 Å². The molecule has 0 bridgehead atoms. The van der Waals surface area contributed by atoms with Gasteiger partial charge >= 0.3 is 6.18 Å². The van der Waals surface area contributed by atoms with Gasteiger partial charge in [-0.2, -0.15) is 13.2 Å². The number of alkyl halides is 3. The molecule has 3 nitrogen and oxygen atoms in total. The van der Waals surface area contributed by atoms with Crippen LogP contribution in [-0.4, -0.2) is 20.8 Å². The lowest BCUT2D eigenvalue weighted by atomic mass is 10.1. The van der Waals surface area contributed by atoms with Crippen molar-refractivity contribution in [1.29, 1.82) is 0 Å². The van der Waals surface area contributed by atoms with Crippen molar-refractivity contribution in [2.75, 3.05) is 0 Å². The zero-order valence-corrected chi connectivity index (χ0v) is 10.6. The molecule has 0 saturated carbocycles. The second-order valence-electron chi connectivity index (χ2n) is 4.95. The molecule has 0 amide bonds. The number of halogens is 3. The minimum absolute atomic E-state index is 0.426. The van der Waals surface area contributed by atoms with Crippen LogP contribution in [0, 0.1) is 0 Å². The van der Waals surface area contributed by atoms with Gasteiger partial charge in [-0.15, -0.1) is 0 Å². The van der Waals surface area contributed by atoms with E-state index >= 15 is 0 Å². The third-order valence-electron chi connectivity index (χ3n) is 3.54. The first-order chi connectivity index (χ1) is 9.45. The summed E-state index contributed by atoms with van der Waals surface area (Å²) < 4.78 is 39.5. The molecule has 0 spiro atoms. The summed E-state index contributed by atoms with van der Waals surface area (Å²) in [6, 6.07) is 4.94. The standard InChI is InChI=1S/C14H13F3N2O/c15-14(16,17)10-3-1-9(2-4-10)13-18-7-11-5-6-12(20)8-19(11)13/h1-4,7,12,20H,5-6,8H2. The number of nitrogens with zero attached hydrogens (tertiary/aromatic N) is 2. The number of rotatable bonds is 1. The Hall–Kier alpha value is -1.82. The summed E-state index contributed by atoms with van der Waals surface area (Å²) in [4.78, 5) is 4.26. The number of aliphatic hydroxyl groups excluding tert-OH is 1. The molecule has 0 saturated heterocycles. The van der Waals surface area contributed by atoms with Crippen molar-refractivity contribution >= 4 is 0 Å². The zero-order valence-electron chi connectivity index (χ0n) is 10.6. The molecule has 2 heterocycles. The van der Waals surface area contributed by atoms with E-state index in [9.17, 15) is 18.3 Å². The van der Waals surface area contributed by atoms with E-state index in [-0.39, 0.29) is 0 Å². The normalized spacial score (nSPS) is 18.9. The average Bonchev–Trinajstić information content (AvgIpc) is 2.81. The molecular formula is C14H13F3N2O. The number of imidazole rings is 1. The Morgan fingerprint density at radius 3 is 2.55 bits per heavy atom. The van der Waals surface area contributed by atoms with Crippen molar-refractivity contribution in [2.45, 2.75) is 31.7 Å². The smallest absolute Gasteiger partial charge is 0.391 e. The maximum atomic E-state index is 12.5. The highest BCUT2D eigenvalue weighted by Gasteiger charge is 2.30. The third kappa shape index (κ3) is 2.31. The predicted octanol–water partition coefficient (Wildman–Crippen LogP) is 2.88. The quantitative estimate of drug-likeness (QED) is 0.873. The lowest BCUT2D eigenvalue weighted by molar-refractivity contribution is -0.137. The fourth-order valence-corrected chi connectivity index (χ4v) is 2.47. The molecule has 1 unspecified atom stereocenters. The van der Waals surface area contributed by atoms with E-state index in [4.69, 9.17) is 0 Å². The molecule has 2 aromatic rings. The van der Waals surface area contributed by atoms with Crippen LogP contribution >= 0.6 is 0 Å². The molecule has 1 aromatic carbocycles. The molecule has 1 aromatic heterocycles. The largest absolute Gasteiger partial charge is 0.416 e. The Morgan fingerprint density at radius 1 is 1.20 bits per heavy atom. The lowest BCUT2D eigenvalue weighted by Crippen LogP contribution is -2.24. The summed E-state index contributed by atoms with van der Waals surface area (Å²) in [5, 5.41) is 9.70. The van der Waals surface area contributed by atoms with Crippen molar-refractivity contribution in [3.8, 4) is 11.4 Å². The lowest BCUT2D eigenvalue weighted by Gasteiger charge is -2.21. The van der Waals surface area contributed by atoms with Gasteiger partial charge in [-0.25, -0.2) is 4.98 Å². The second kappa shape index (κ2) is 4.63. The molecule has 3 rings (SSSR count). The van der Waals surface area contributed by atoms with Gasteiger partial charge in [-0.05, 0) is 25.0 Å². The number of hydrogen-bond acceptors (Lipinski definition) is 2. The summed E-state index contributed by atoms with van der Waals surface area (Å²) in [5.74, 6) is 0.604. The van der Waals surface area contributed by atoms with E-state index < -0.39 is 17.8 Å². The van der Waals surface area contributed by atoms with Crippen LogP contribution in [0.3, 0.4) is 0 Å². The number of aryl methyl sites for hydroxylation is 1. The molecule has 0 fully saturated rings. The van der Waals surface area contributed by atoms with Gasteiger partial charge in [0.2, 0.25) is 0 Å². The fraction of sp³-hybridized carbons (Fsp3) is 0.357. The molecule has 1 N–H and O–H groups in total. The molecule has 106 valence electrons. The van der Waals surface area contributed by atoms with Crippen LogP contribution in [-0.2, 0) is 19.1 Å². The third-order valence-corrected chi connectivity index (χ3v) is 3.54. The van der Waals surface area contributed by atoms with Crippen molar-refractivity contribution in [3.05, 3.63) is 41.7 Å². The highest BCUT2D eigenvalue weighted by Crippen LogP contribution is 2.31. The monoisotopic (exact) mass is 282 g/mol. The van der Waals surface area contributed by atoms with Crippen molar-refractivity contribution in [2.24, 2.45) is 0 Å². The van der Waals surface area contributed by atoms with Crippen molar-refractivity contribution in [3.63, 3.8) is 0 Å². The first kappa shape index (κ1) is 13.2. The zero-order chi connectivity index (χ0) is 14.3. The molecule has 1 aliphatic rings. The molecule has 0 aliphatic carbocycles. The van der Waals surface area contributed by atoms with Crippen LogP contribution in [0.2, 0.25) is 0 Å². The van der Waals surface area contributed by atoms with E-state index in [0.717, 1.165) is 24.2 Å². The second-order valence-corrected chi connectivity index (χ2v) is 4.95. The van der Waals surface area contributed by atoms with E-state index in [0.29, 0.717) is 24.4 Å². The number of aliphatic hydroxyl groups is 1. The first-order valence-electron chi connectivity index (χ1n) is 6.35. The van der Waals surface area contributed by atoms with Gasteiger partial charge < -0.3 is 9.67 Å². The van der Waals surface area contributed by atoms with Crippen LogP contribution in [0.25, 0.3) is 11.4 Å². The Kier molecular flexibility index (Phi) is 3.05. The summed E-state index contributed by atoms with van der Waals surface area (Å²) >= 11 is 0. The summed E-state index contributed by atoms with van der Waals surface area (Å²) in [6.45, 7) is 0.436. The molecule has 20 heavy (non-hydrogen) atoms.